The highest BCUT2D eigenvalue weighted by atomic mass is 19.1. The summed E-state index contributed by atoms with van der Waals surface area (Å²) in [7, 11) is 0. The molecule has 1 saturated carbocycles. The predicted molar refractivity (Wildman–Crippen MR) is 75.8 cm³/mol. The molecule has 0 atom stereocenters. The number of hydrogen-bond donors (Lipinski definition) is 0. The zero-order valence-electron chi connectivity index (χ0n) is 11.2. The highest BCUT2D eigenvalue weighted by Crippen LogP contribution is 2.32. The second-order valence-electron chi connectivity index (χ2n) is 5.48. The van der Waals surface area contributed by atoms with E-state index in [2.05, 4.69) is 19.1 Å². The molecule has 0 saturated heterocycles. The van der Waals surface area contributed by atoms with E-state index in [9.17, 15) is 4.39 Å². The van der Waals surface area contributed by atoms with Crippen molar-refractivity contribution in [1.82, 2.24) is 0 Å². The van der Waals surface area contributed by atoms with Gasteiger partial charge in [-0.3, -0.25) is 0 Å². The summed E-state index contributed by atoms with van der Waals surface area (Å²) >= 11 is 0. The average Bonchev–Trinajstić information content (AvgIpc) is 2.40. The summed E-state index contributed by atoms with van der Waals surface area (Å²) in [6, 6.07) is 6.73. The van der Waals surface area contributed by atoms with Crippen LogP contribution < -0.4 is 0 Å². The van der Waals surface area contributed by atoms with Gasteiger partial charge in [0.2, 0.25) is 0 Å². The Bertz CT molecular complexity index is 369. The lowest BCUT2D eigenvalue weighted by atomic mass is 9.80. The summed E-state index contributed by atoms with van der Waals surface area (Å²) in [6.07, 6.45) is 12.6. The molecule has 0 aromatic heterocycles. The second-order valence-corrected chi connectivity index (χ2v) is 5.48. The van der Waals surface area contributed by atoms with Crippen LogP contribution in [-0.2, 0) is 0 Å². The maximum Gasteiger partial charge on any atom is 0.123 e. The Morgan fingerprint density at radius 2 is 1.78 bits per heavy atom. The van der Waals surface area contributed by atoms with Gasteiger partial charge in [0.15, 0.2) is 0 Å². The summed E-state index contributed by atoms with van der Waals surface area (Å²) in [5.41, 5.74) is 1.10. The van der Waals surface area contributed by atoms with E-state index < -0.39 is 0 Å². The first-order valence-electron chi connectivity index (χ1n) is 7.21. The standard InChI is InChI=1S/C17H23F/c1-2-3-14-4-6-15(7-5-14)8-9-16-10-12-17(18)13-11-16/h8-15H,2-7H2,1H3. The normalized spacial score (nSPS) is 24.6. The van der Waals surface area contributed by atoms with E-state index in [1.807, 2.05) is 12.1 Å². The van der Waals surface area contributed by atoms with E-state index >= 15 is 0 Å². The molecule has 1 fully saturated rings. The van der Waals surface area contributed by atoms with Gasteiger partial charge in [-0.05, 0) is 55.2 Å². The fourth-order valence-electron chi connectivity index (χ4n) is 2.90. The Morgan fingerprint density at radius 1 is 1.11 bits per heavy atom. The van der Waals surface area contributed by atoms with Crippen LogP contribution in [0.15, 0.2) is 30.3 Å². The van der Waals surface area contributed by atoms with E-state index in [-0.39, 0.29) is 5.82 Å². The van der Waals surface area contributed by atoms with Crippen molar-refractivity contribution in [1.29, 1.82) is 0 Å². The Kier molecular flexibility index (Phi) is 4.98. The first-order chi connectivity index (χ1) is 8.78. The zero-order valence-corrected chi connectivity index (χ0v) is 11.2. The molecule has 1 aromatic carbocycles. The first kappa shape index (κ1) is 13.3. The molecule has 0 heterocycles. The molecule has 0 aliphatic heterocycles. The molecule has 18 heavy (non-hydrogen) atoms. The molecule has 1 aliphatic carbocycles. The van der Waals surface area contributed by atoms with Crippen LogP contribution in [0.4, 0.5) is 4.39 Å². The van der Waals surface area contributed by atoms with E-state index in [4.69, 9.17) is 0 Å². The van der Waals surface area contributed by atoms with Gasteiger partial charge in [0, 0.05) is 0 Å². The van der Waals surface area contributed by atoms with Crippen molar-refractivity contribution in [3.05, 3.63) is 41.7 Å². The Hall–Kier alpha value is -1.11. The molecule has 1 aliphatic rings. The fraction of sp³-hybridized carbons (Fsp3) is 0.529. The van der Waals surface area contributed by atoms with Crippen LogP contribution >= 0.6 is 0 Å². The maximum absolute atomic E-state index is 12.8. The van der Waals surface area contributed by atoms with Gasteiger partial charge in [0.1, 0.15) is 5.82 Å². The van der Waals surface area contributed by atoms with Crippen molar-refractivity contribution in [2.45, 2.75) is 45.4 Å². The quantitative estimate of drug-likeness (QED) is 0.663. The van der Waals surface area contributed by atoms with Crippen molar-refractivity contribution < 1.29 is 4.39 Å². The Balaban J connectivity index is 1.82. The minimum atomic E-state index is -0.160. The molecular formula is C17H23F. The minimum absolute atomic E-state index is 0.160. The molecule has 98 valence electrons. The summed E-state index contributed by atoms with van der Waals surface area (Å²) in [6.45, 7) is 2.28. The highest BCUT2D eigenvalue weighted by Gasteiger charge is 2.18. The van der Waals surface area contributed by atoms with Crippen molar-refractivity contribution in [3.8, 4) is 0 Å². The van der Waals surface area contributed by atoms with Gasteiger partial charge in [-0.2, -0.15) is 0 Å². The lowest BCUT2D eigenvalue weighted by Gasteiger charge is -2.26. The summed E-state index contributed by atoms with van der Waals surface area (Å²) < 4.78 is 12.8. The van der Waals surface area contributed by atoms with Crippen molar-refractivity contribution in [2.75, 3.05) is 0 Å². The number of halogens is 1. The lowest BCUT2D eigenvalue weighted by molar-refractivity contribution is 0.295. The van der Waals surface area contributed by atoms with Crippen LogP contribution in [0.1, 0.15) is 51.0 Å². The van der Waals surface area contributed by atoms with Crippen LogP contribution in [0.3, 0.4) is 0 Å². The van der Waals surface area contributed by atoms with Crippen molar-refractivity contribution in [3.63, 3.8) is 0 Å². The topological polar surface area (TPSA) is 0 Å². The largest absolute Gasteiger partial charge is 0.207 e. The Morgan fingerprint density at radius 3 is 2.39 bits per heavy atom. The third kappa shape index (κ3) is 3.97. The molecule has 0 bridgehead atoms. The molecule has 0 nitrogen and oxygen atoms in total. The van der Waals surface area contributed by atoms with E-state index in [0.717, 1.165) is 17.4 Å². The molecule has 1 heteroatoms. The lowest BCUT2D eigenvalue weighted by Crippen LogP contribution is -2.12. The minimum Gasteiger partial charge on any atom is -0.207 e. The zero-order chi connectivity index (χ0) is 12.8. The van der Waals surface area contributed by atoms with Gasteiger partial charge in [-0.25, -0.2) is 4.39 Å². The smallest absolute Gasteiger partial charge is 0.123 e. The molecule has 0 N–H and O–H groups in total. The van der Waals surface area contributed by atoms with Gasteiger partial charge in [0.05, 0.1) is 0 Å². The molecule has 0 radical (unpaired) electrons. The van der Waals surface area contributed by atoms with Gasteiger partial charge in [-0.15, -0.1) is 0 Å². The molecule has 2 rings (SSSR count). The molecule has 0 unspecified atom stereocenters. The van der Waals surface area contributed by atoms with E-state index in [0.29, 0.717) is 0 Å². The van der Waals surface area contributed by atoms with Crippen LogP contribution in [0.2, 0.25) is 0 Å². The summed E-state index contributed by atoms with van der Waals surface area (Å²) in [5, 5.41) is 0. The van der Waals surface area contributed by atoms with E-state index in [1.54, 1.807) is 0 Å². The molecule has 1 aromatic rings. The van der Waals surface area contributed by atoms with E-state index in [1.165, 1.54) is 50.7 Å². The average molecular weight is 246 g/mol. The van der Waals surface area contributed by atoms with Crippen LogP contribution in [0, 0.1) is 17.7 Å². The third-order valence-corrected chi connectivity index (χ3v) is 4.02. The van der Waals surface area contributed by atoms with Crippen LogP contribution in [0.5, 0.6) is 0 Å². The van der Waals surface area contributed by atoms with Gasteiger partial charge in [0.25, 0.3) is 0 Å². The predicted octanol–water partition coefficient (Wildman–Crippen LogP) is 5.45. The monoisotopic (exact) mass is 246 g/mol. The van der Waals surface area contributed by atoms with Crippen molar-refractivity contribution >= 4 is 6.08 Å². The Labute approximate surface area is 110 Å². The first-order valence-corrected chi connectivity index (χ1v) is 7.21. The van der Waals surface area contributed by atoms with Gasteiger partial charge < -0.3 is 0 Å². The highest BCUT2D eigenvalue weighted by molar-refractivity contribution is 5.49. The summed E-state index contributed by atoms with van der Waals surface area (Å²) in [4.78, 5) is 0. The summed E-state index contributed by atoms with van der Waals surface area (Å²) in [5.74, 6) is 1.53. The molecule has 0 amide bonds. The SMILES string of the molecule is CCCC1CCC(C=Cc2ccc(F)cc2)CC1. The van der Waals surface area contributed by atoms with Gasteiger partial charge in [-0.1, -0.05) is 44.1 Å². The number of rotatable bonds is 4. The number of benzene rings is 1. The second kappa shape index (κ2) is 6.72. The number of allylic oxidation sites excluding steroid dienone is 1. The third-order valence-electron chi connectivity index (χ3n) is 4.02. The number of hydrogen-bond acceptors (Lipinski definition) is 0. The van der Waals surface area contributed by atoms with Gasteiger partial charge >= 0.3 is 0 Å². The van der Waals surface area contributed by atoms with Crippen LogP contribution in [-0.4, -0.2) is 0 Å². The maximum atomic E-state index is 12.8. The fourth-order valence-corrected chi connectivity index (χ4v) is 2.90. The molecule has 0 spiro atoms. The molecular weight excluding hydrogens is 223 g/mol. The van der Waals surface area contributed by atoms with Crippen LogP contribution in [0.25, 0.3) is 6.08 Å². The van der Waals surface area contributed by atoms with Crippen molar-refractivity contribution in [2.24, 2.45) is 11.8 Å².